The largest absolute Gasteiger partial charge is 0.364 e. The molecular weight excluding hydrogens is 340 g/mol. The second kappa shape index (κ2) is 7.19. The highest BCUT2D eigenvalue weighted by molar-refractivity contribution is 6.31. The van der Waals surface area contributed by atoms with Gasteiger partial charge in [-0.1, -0.05) is 48.0 Å². The number of aromatic nitrogens is 2. The molecule has 7 heteroatoms. The molecule has 0 spiro atoms. The Hall–Kier alpha value is -3.12. The minimum absolute atomic E-state index is 0.115. The van der Waals surface area contributed by atoms with Gasteiger partial charge in [0.05, 0.1) is 12.9 Å². The van der Waals surface area contributed by atoms with E-state index in [1.165, 1.54) is 6.33 Å². The summed E-state index contributed by atoms with van der Waals surface area (Å²) < 4.78 is 1.56. The molecule has 3 N–H and O–H groups in total. The number of benzene rings is 2. The molecule has 0 aliphatic carbocycles. The van der Waals surface area contributed by atoms with Crippen LogP contribution in [0.3, 0.4) is 0 Å². The molecule has 0 aliphatic rings. The maximum Gasteiger partial charge on any atom is 0.269 e. The number of nitrogens with one attached hydrogen (secondary N) is 1. The van der Waals surface area contributed by atoms with Gasteiger partial charge in [-0.05, 0) is 23.8 Å². The summed E-state index contributed by atoms with van der Waals surface area (Å²) in [4.78, 5) is 28.3. The molecule has 25 heavy (non-hydrogen) atoms. The number of rotatable bonds is 5. The highest BCUT2D eigenvalue weighted by Crippen LogP contribution is 2.20. The number of primary amides is 1. The van der Waals surface area contributed by atoms with E-state index in [0.717, 1.165) is 5.56 Å². The van der Waals surface area contributed by atoms with Crippen LogP contribution in [0, 0.1) is 0 Å². The molecule has 0 saturated heterocycles. The standard InChI is InChI=1S/C18H15ClN4O2/c19-14-9-5-4-8-13(14)10-23-11-21-17(15(23)16(20)24)22-18(25)12-6-2-1-3-7-12/h1-9,11H,10H2,(H2,20,24)(H,22,25). The monoisotopic (exact) mass is 354 g/mol. The van der Waals surface area contributed by atoms with E-state index in [9.17, 15) is 9.59 Å². The fraction of sp³-hybridized carbons (Fsp3) is 0.0556. The quantitative estimate of drug-likeness (QED) is 0.738. The Bertz CT molecular complexity index is 922. The van der Waals surface area contributed by atoms with Gasteiger partial charge >= 0.3 is 0 Å². The summed E-state index contributed by atoms with van der Waals surface area (Å²) >= 11 is 6.16. The fourth-order valence-electron chi connectivity index (χ4n) is 2.43. The van der Waals surface area contributed by atoms with Gasteiger partial charge < -0.3 is 15.6 Å². The van der Waals surface area contributed by atoms with Gasteiger partial charge in [0.2, 0.25) is 0 Å². The topological polar surface area (TPSA) is 90.0 Å². The van der Waals surface area contributed by atoms with Crippen molar-refractivity contribution in [1.29, 1.82) is 0 Å². The highest BCUT2D eigenvalue weighted by Gasteiger charge is 2.19. The van der Waals surface area contributed by atoms with Gasteiger partial charge in [-0.2, -0.15) is 0 Å². The van der Waals surface area contributed by atoms with Crippen molar-refractivity contribution in [2.75, 3.05) is 5.32 Å². The Morgan fingerprint density at radius 3 is 2.44 bits per heavy atom. The third-order valence-corrected chi connectivity index (χ3v) is 4.01. The number of carbonyl (C=O) groups excluding carboxylic acids is 2. The minimum atomic E-state index is -0.687. The molecule has 0 aliphatic heterocycles. The Morgan fingerprint density at radius 2 is 1.76 bits per heavy atom. The average Bonchev–Trinajstić information content (AvgIpc) is 3.00. The lowest BCUT2D eigenvalue weighted by Crippen LogP contribution is -2.21. The van der Waals surface area contributed by atoms with Crippen LogP contribution in [0.2, 0.25) is 5.02 Å². The summed E-state index contributed by atoms with van der Waals surface area (Å²) in [6.45, 7) is 0.312. The lowest BCUT2D eigenvalue weighted by molar-refractivity contribution is 0.0993. The lowest BCUT2D eigenvalue weighted by atomic mass is 10.2. The molecule has 126 valence electrons. The minimum Gasteiger partial charge on any atom is -0.364 e. The van der Waals surface area contributed by atoms with Crippen molar-refractivity contribution in [2.45, 2.75) is 6.54 Å². The van der Waals surface area contributed by atoms with Crippen molar-refractivity contribution in [1.82, 2.24) is 9.55 Å². The van der Waals surface area contributed by atoms with E-state index in [1.54, 1.807) is 34.9 Å². The number of hydrogen-bond donors (Lipinski definition) is 2. The summed E-state index contributed by atoms with van der Waals surface area (Å²) in [5, 5.41) is 3.20. The van der Waals surface area contributed by atoms with E-state index in [4.69, 9.17) is 17.3 Å². The van der Waals surface area contributed by atoms with Crippen LogP contribution in [0.15, 0.2) is 60.9 Å². The van der Waals surface area contributed by atoms with Crippen molar-refractivity contribution >= 4 is 29.2 Å². The van der Waals surface area contributed by atoms with Gasteiger partial charge in [0, 0.05) is 10.6 Å². The van der Waals surface area contributed by atoms with E-state index in [0.29, 0.717) is 17.1 Å². The number of carbonyl (C=O) groups is 2. The van der Waals surface area contributed by atoms with E-state index < -0.39 is 5.91 Å². The van der Waals surface area contributed by atoms with Crippen molar-refractivity contribution in [2.24, 2.45) is 5.73 Å². The SMILES string of the molecule is NC(=O)c1c(NC(=O)c2ccccc2)ncn1Cc1ccccc1Cl. The fourth-order valence-corrected chi connectivity index (χ4v) is 2.63. The molecule has 0 saturated carbocycles. The molecule has 1 aromatic heterocycles. The second-order valence-electron chi connectivity index (χ2n) is 5.35. The molecule has 0 bridgehead atoms. The Morgan fingerprint density at radius 1 is 1.08 bits per heavy atom. The predicted octanol–water partition coefficient (Wildman–Crippen LogP) is 2.94. The van der Waals surface area contributed by atoms with Gasteiger partial charge in [0.25, 0.3) is 11.8 Å². The zero-order valence-corrected chi connectivity index (χ0v) is 13.9. The Kier molecular flexibility index (Phi) is 4.81. The van der Waals surface area contributed by atoms with Crippen LogP contribution in [-0.2, 0) is 6.54 Å². The molecule has 2 amide bonds. The van der Waals surface area contributed by atoms with Crippen LogP contribution < -0.4 is 11.1 Å². The van der Waals surface area contributed by atoms with Crippen LogP contribution in [0.5, 0.6) is 0 Å². The predicted molar refractivity (Wildman–Crippen MR) is 95.7 cm³/mol. The first kappa shape index (κ1) is 16.7. The molecule has 3 rings (SSSR count). The van der Waals surface area contributed by atoms with Gasteiger partial charge in [0.15, 0.2) is 11.5 Å². The van der Waals surface area contributed by atoms with Gasteiger partial charge in [-0.25, -0.2) is 4.98 Å². The number of imidazole rings is 1. The van der Waals surface area contributed by atoms with Crippen molar-refractivity contribution in [3.05, 3.63) is 82.8 Å². The summed E-state index contributed by atoms with van der Waals surface area (Å²) in [6, 6.07) is 15.9. The smallest absolute Gasteiger partial charge is 0.269 e. The summed E-state index contributed by atoms with van der Waals surface area (Å²) in [6.07, 6.45) is 1.45. The van der Waals surface area contributed by atoms with Crippen molar-refractivity contribution in [3.63, 3.8) is 0 Å². The van der Waals surface area contributed by atoms with Crippen LogP contribution in [0.4, 0.5) is 5.82 Å². The molecule has 2 aromatic carbocycles. The second-order valence-corrected chi connectivity index (χ2v) is 5.75. The zero-order chi connectivity index (χ0) is 17.8. The summed E-state index contributed by atoms with van der Waals surface area (Å²) in [5.74, 6) is -0.938. The Labute approximate surface area is 149 Å². The lowest BCUT2D eigenvalue weighted by Gasteiger charge is -2.09. The van der Waals surface area contributed by atoms with Gasteiger partial charge in [0.1, 0.15) is 0 Å². The molecule has 6 nitrogen and oxygen atoms in total. The number of anilines is 1. The zero-order valence-electron chi connectivity index (χ0n) is 13.1. The van der Waals surface area contributed by atoms with Crippen molar-refractivity contribution in [3.8, 4) is 0 Å². The molecule has 0 fully saturated rings. The Balaban J connectivity index is 1.89. The maximum atomic E-state index is 12.3. The number of nitrogens with two attached hydrogens (primary N) is 1. The van der Waals surface area contributed by atoms with Gasteiger partial charge in [-0.3, -0.25) is 9.59 Å². The first-order valence-electron chi connectivity index (χ1n) is 7.51. The molecule has 0 atom stereocenters. The van der Waals surface area contributed by atoms with E-state index >= 15 is 0 Å². The number of hydrogen-bond acceptors (Lipinski definition) is 3. The molecule has 0 unspecified atom stereocenters. The third-order valence-electron chi connectivity index (χ3n) is 3.64. The van der Waals surface area contributed by atoms with Crippen LogP contribution in [0.1, 0.15) is 26.4 Å². The summed E-state index contributed by atoms with van der Waals surface area (Å²) in [7, 11) is 0. The number of amides is 2. The van der Waals surface area contributed by atoms with E-state index in [1.807, 2.05) is 24.3 Å². The third kappa shape index (κ3) is 3.70. The summed E-state index contributed by atoms with van der Waals surface area (Å²) in [5.41, 5.74) is 6.86. The number of halogens is 1. The normalized spacial score (nSPS) is 10.4. The van der Waals surface area contributed by atoms with Crippen LogP contribution in [0.25, 0.3) is 0 Å². The van der Waals surface area contributed by atoms with Gasteiger partial charge in [-0.15, -0.1) is 0 Å². The molecule has 3 aromatic rings. The van der Waals surface area contributed by atoms with E-state index in [-0.39, 0.29) is 17.4 Å². The van der Waals surface area contributed by atoms with Crippen LogP contribution in [-0.4, -0.2) is 21.4 Å². The average molecular weight is 355 g/mol. The van der Waals surface area contributed by atoms with Crippen molar-refractivity contribution < 1.29 is 9.59 Å². The number of nitrogens with zero attached hydrogens (tertiary/aromatic N) is 2. The molecule has 0 radical (unpaired) electrons. The molecular formula is C18H15ClN4O2. The van der Waals surface area contributed by atoms with Crippen LogP contribution >= 0.6 is 11.6 Å². The first-order valence-corrected chi connectivity index (χ1v) is 7.89. The van der Waals surface area contributed by atoms with E-state index in [2.05, 4.69) is 10.3 Å². The first-order chi connectivity index (χ1) is 12.1. The molecule has 1 heterocycles. The maximum absolute atomic E-state index is 12.3. The highest BCUT2D eigenvalue weighted by atomic mass is 35.5.